The maximum absolute atomic E-state index is 12.2. The van der Waals surface area contributed by atoms with E-state index in [9.17, 15) is 4.79 Å². The Morgan fingerprint density at radius 3 is 2.44 bits per heavy atom. The fourth-order valence-electron chi connectivity index (χ4n) is 4.15. The van der Waals surface area contributed by atoms with Gasteiger partial charge in [0.05, 0.1) is 18.1 Å². The van der Waals surface area contributed by atoms with Gasteiger partial charge in [-0.2, -0.15) is 0 Å². The van der Waals surface area contributed by atoms with Gasteiger partial charge in [-0.05, 0) is 71.3 Å². The second kappa shape index (κ2) is 8.17. The number of carbonyl (C=O) groups excluding carboxylic acids is 1. The van der Waals surface area contributed by atoms with E-state index >= 15 is 0 Å². The lowest BCUT2D eigenvalue weighted by Crippen LogP contribution is -2.11. The van der Waals surface area contributed by atoms with Crippen LogP contribution in [0.15, 0.2) is 83.3 Å². The van der Waals surface area contributed by atoms with Crippen molar-refractivity contribution in [2.24, 2.45) is 5.73 Å². The van der Waals surface area contributed by atoms with Gasteiger partial charge in [-0.25, -0.2) is 0 Å². The molecule has 0 fully saturated rings. The first-order valence-electron chi connectivity index (χ1n) is 10.2. The number of methoxy groups -OCH3 is 1. The van der Waals surface area contributed by atoms with Crippen molar-refractivity contribution in [1.29, 1.82) is 0 Å². The van der Waals surface area contributed by atoms with Gasteiger partial charge < -0.3 is 15.0 Å². The minimum absolute atomic E-state index is 0.439. The zero-order valence-corrected chi connectivity index (χ0v) is 19.0. The molecule has 0 saturated carbocycles. The van der Waals surface area contributed by atoms with Crippen LogP contribution in [0, 0.1) is 6.07 Å². The lowest BCUT2D eigenvalue weighted by atomic mass is 10.0. The molecule has 4 nitrogen and oxygen atoms in total. The van der Waals surface area contributed by atoms with E-state index in [1.807, 2.05) is 54.6 Å². The van der Waals surface area contributed by atoms with E-state index in [1.54, 1.807) is 13.2 Å². The summed E-state index contributed by atoms with van der Waals surface area (Å²) in [6, 6.07) is 29.4. The number of fused-ring (bicyclic) bond motifs is 3. The molecule has 0 spiro atoms. The summed E-state index contributed by atoms with van der Waals surface area (Å²) in [5.41, 5.74) is 11.5. The molecule has 0 aliphatic carbocycles. The van der Waals surface area contributed by atoms with Crippen molar-refractivity contribution in [3.05, 3.63) is 101 Å². The van der Waals surface area contributed by atoms with Crippen LogP contribution in [0.25, 0.3) is 32.9 Å². The highest BCUT2D eigenvalue weighted by molar-refractivity contribution is 9.10. The van der Waals surface area contributed by atoms with Gasteiger partial charge in [0.15, 0.2) is 0 Å². The second-order valence-corrected chi connectivity index (χ2v) is 8.57. The van der Waals surface area contributed by atoms with Crippen LogP contribution in [0.4, 0.5) is 0 Å². The topological polar surface area (TPSA) is 57.2 Å². The number of nitrogens with zero attached hydrogens (tertiary/aromatic N) is 1. The third kappa shape index (κ3) is 3.55. The number of primary amides is 1. The van der Waals surface area contributed by atoms with Crippen LogP contribution in [0.5, 0.6) is 5.75 Å². The van der Waals surface area contributed by atoms with Gasteiger partial charge in [-0.15, -0.1) is 0 Å². The highest BCUT2D eigenvalue weighted by atomic mass is 79.9. The number of nitrogens with two attached hydrogens (primary N) is 1. The zero-order valence-electron chi connectivity index (χ0n) is 17.4. The van der Waals surface area contributed by atoms with Crippen LogP contribution in [0.2, 0.25) is 0 Å². The second-order valence-electron chi connectivity index (χ2n) is 7.65. The Labute approximate surface area is 194 Å². The van der Waals surface area contributed by atoms with E-state index in [-0.39, 0.29) is 0 Å². The van der Waals surface area contributed by atoms with Gasteiger partial charge in [-0.1, -0.05) is 46.3 Å². The quantitative estimate of drug-likeness (QED) is 0.324. The fraction of sp³-hybridized carbons (Fsp3) is 0.0741. The molecule has 0 bridgehead atoms. The summed E-state index contributed by atoms with van der Waals surface area (Å²) < 4.78 is 8.55. The van der Waals surface area contributed by atoms with E-state index in [0.717, 1.165) is 48.7 Å². The molecule has 0 aliphatic heterocycles. The Balaban J connectivity index is 1.75. The Bertz CT molecular complexity index is 1450. The average molecular weight is 484 g/mol. The van der Waals surface area contributed by atoms with Gasteiger partial charge in [0, 0.05) is 27.4 Å². The highest BCUT2D eigenvalue weighted by Gasteiger charge is 2.17. The molecule has 0 unspecified atom stereocenters. The molecular weight excluding hydrogens is 464 g/mol. The SMILES string of the molecule is COc1ccc(-c2c[c]c3c4c(C(N)=O)cccc4n(Cc4ccc(Br)cc4)c3c2)cc1. The summed E-state index contributed by atoms with van der Waals surface area (Å²) in [5, 5.41) is 1.73. The molecule has 0 aliphatic rings. The van der Waals surface area contributed by atoms with Gasteiger partial charge in [0.1, 0.15) is 5.75 Å². The van der Waals surface area contributed by atoms with Gasteiger partial charge in [0.2, 0.25) is 5.91 Å². The number of aromatic nitrogens is 1. The number of rotatable bonds is 5. The molecule has 0 atom stereocenters. The molecule has 2 N–H and O–H groups in total. The van der Waals surface area contributed by atoms with Crippen molar-refractivity contribution in [2.75, 3.05) is 7.11 Å². The summed E-state index contributed by atoms with van der Waals surface area (Å²) in [7, 11) is 1.66. The van der Waals surface area contributed by atoms with Crippen LogP contribution in [0.1, 0.15) is 15.9 Å². The smallest absolute Gasteiger partial charge is 0.249 e. The molecular formula is C27H20BrN2O2. The molecule has 1 aromatic heterocycles. The largest absolute Gasteiger partial charge is 0.497 e. The molecule has 157 valence electrons. The predicted molar refractivity (Wildman–Crippen MR) is 132 cm³/mol. The maximum atomic E-state index is 12.2. The summed E-state index contributed by atoms with van der Waals surface area (Å²) in [5.74, 6) is 0.375. The van der Waals surface area contributed by atoms with Crippen molar-refractivity contribution >= 4 is 43.6 Å². The van der Waals surface area contributed by atoms with Gasteiger partial charge >= 0.3 is 0 Å². The van der Waals surface area contributed by atoms with E-state index in [4.69, 9.17) is 10.5 Å². The minimum atomic E-state index is -0.439. The van der Waals surface area contributed by atoms with E-state index in [2.05, 4.69) is 44.8 Å². The molecule has 1 radical (unpaired) electrons. The van der Waals surface area contributed by atoms with Crippen LogP contribution in [-0.2, 0) is 6.54 Å². The van der Waals surface area contributed by atoms with Crippen molar-refractivity contribution in [2.45, 2.75) is 6.54 Å². The first-order valence-corrected chi connectivity index (χ1v) is 11.0. The summed E-state index contributed by atoms with van der Waals surface area (Å²) in [4.78, 5) is 12.2. The van der Waals surface area contributed by atoms with E-state index in [0.29, 0.717) is 12.1 Å². The van der Waals surface area contributed by atoms with Crippen LogP contribution < -0.4 is 10.5 Å². The van der Waals surface area contributed by atoms with Crippen molar-refractivity contribution in [1.82, 2.24) is 4.57 Å². The monoisotopic (exact) mass is 483 g/mol. The van der Waals surface area contributed by atoms with Gasteiger partial charge in [-0.3, -0.25) is 4.79 Å². The van der Waals surface area contributed by atoms with Crippen molar-refractivity contribution in [3.8, 4) is 16.9 Å². The number of hydrogen-bond donors (Lipinski definition) is 1. The molecule has 5 aromatic rings. The zero-order chi connectivity index (χ0) is 22.2. The molecule has 4 aromatic carbocycles. The summed E-state index contributed by atoms with van der Waals surface area (Å²) >= 11 is 3.50. The molecule has 1 heterocycles. The normalized spacial score (nSPS) is 11.2. The Morgan fingerprint density at radius 1 is 1.00 bits per heavy atom. The summed E-state index contributed by atoms with van der Waals surface area (Å²) in [6.07, 6.45) is 0. The first-order chi connectivity index (χ1) is 15.5. The Morgan fingerprint density at radius 2 is 1.75 bits per heavy atom. The Hall–Kier alpha value is -3.57. The van der Waals surface area contributed by atoms with Crippen LogP contribution >= 0.6 is 15.9 Å². The molecule has 5 heteroatoms. The third-order valence-electron chi connectivity index (χ3n) is 5.74. The third-order valence-corrected chi connectivity index (χ3v) is 6.27. The predicted octanol–water partition coefficient (Wildman–Crippen LogP) is 6.18. The number of ether oxygens (including phenoxy) is 1. The standard InChI is InChI=1S/C27H20BrN2O2/c1-32-21-12-7-18(8-13-21)19-9-14-22-25(15-19)30(16-17-5-10-20(28)11-6-17)24-4-2-3-23(26(22)24)27(29)31/h2-13,15H,16H2,1H3,(H2,29,31). The number of amides is 1. The van der Waals surface area contributed by atoms with Crippen LogP contribution in [0.3, 0.4) is 0 Å². The molecule has 0 saturated heterocycles. The van der Waals surface area contributed by atoms with E-state index < -0.39 is 5.91 Å². The number of benzene rings is 4. The van der Waals surface area contributed by atoms with Crippen molar-refractivity contribution < 1.29 is 9.53 Å². The lowest BCUT2D eigenvalue weighted by Gasteiger charge is -2.10. The van der Waals surface area contributed by atoms with Crippen molar-refractivity contribution in [3.63, 3.8) is 0 Å². The van der Waals surface area contributed by atoms with Crippen LogP contribution in [-0.4, -0.2) is 17.6 Å². The molecule has 1 amide bonds. The maximum Gasteiger partial charge on any atom is 0.249 e. The summed E-state index contributed by atoms with van der Waals surface area (Å²) in [6.45, 7) is 0.662. The lowest BCUT2D eigenvalue weighted by molar-refractivity contribution is 0.100. The number of halogens is 1. The number of carbonyl (C=O) groups is 1. The number of hydrogen-bond acceptors (Lipinski definition) is 2. The fourth-order valence-corrected chi connectivity index (χ4v) is 4.42. The average Bonchev–Trinajstić information content (AvgIpc) is 3.13. The first kappa shape index (κ1) is 20.3. The molecule has 5 rings (SSSR count). The highest BCUT2D eigenvalue weighted by Crippen LogP contribution is 2.35. The Kier molecular flexibility index (Phi) is 5.19. The van der Waals surface area contributed by atoms with Gasteiger partial charge in [0.25, 0.3) is 0 Å². The van der Waals surface area contributed by atoms with E-state index in [1.165, 1.54) is 0 Å². The minimum Gasteiger partial charge on any atom is -0.497 e. The molecule has 32 heavy (non-hydrogen) atoms.